The summed E-state index contributed by atoms with van der Waals surface area (Å²) < 4.78 is 10.9. The maximum Gasteiger partial charge on any atom is 0.303 e. The molecule has 0 N–H and O–H groups in total. The molecule has 2 unspecified atom stereocenters. The maximum absolute atomic E-state index is 13.7. The fraction of sp³-hybridized carbons (Fsp3) is 0.391. The Morgan fingerprint density at radius 1 is 1.19 bits per heavy atom. The summed E-state index contributed by atoms with van der Waals surface area (Å²) in [4.78, 5) is 31.6. The number of amides is 1. The first kappa shape index (κ1) is 23.5. The number of hydrogen-bond donors (Lipinski definition) is 0. The summed E-state index contributed by atoms with van der Waals surface area (Å²) in [5.41, 5.74) is 1.75. The summed E-state index contributed by atoms with van der Waals surface area (Å²) in [5.74, 6) is 0.0530. The third kappa shape index (κ3) is 5.56. The lowest BCUT2D eigenvalue weighted by molar-refractivity contribution is -0.152. The van der Waals surface area contributed by atoms with Crippen LogP contribution in [0.2, 0.25) is 0 Å². The molecule has 0 aliphatic carbocycles. The molecule has 1 aliphatic heterocycles. The van der Waals surface area contributed by atoms with Gasteiger partial charge >= 0.3 is 5.97 Å². The standard InChI is InChI=1S/C23H28N2O4S2/c1-15(26)29-21-22(16-6-8-17(28-4)9-7-16)31-20-14-18(30-5)10-11-19(20)25(23(21)27)13-12-24(2)3/h6-11,14,21-22H,12-13H2,1-5H3. The molecule has 3 rings (SSSR count). The predicted molar refractivity (Wildman–Crippen MR) is 126 cm³/mol. The van der Waals surface area contributed by atoms with E-state index in [9.17, 15) is 9.59 Å². The molecule has 8 heteroatoms. The first-order valence-corrected chi connectivity index (χ1v) is 12.1. The van der Waals surface area contributed by atoms with E-state index in [2.05, 4.69) is 6.07 Å². The highest BCUT2D eigenvalue weighted by Crippen LogP contribution is 2.47. The van der Waals surface area contributed by atoms with Crippen LogP contribution < -0.4 is 9.64 Å². The largest absolute Gasteiger partial charge is 0.497 e. The van der Waals surface area contributed by atoms with Crippen molar-refractivity contribution in [2.45, 2.75) is 28.1 Å². The molecule has 0 bridgehead atoms. The third-order valence-electron chi connectivity index (χ3n) is 5.00. The summed E-state index contributed by atoms with van der Waals surface area (Å²) in [7, 11) is 5.56. The van der Waals surface area contributed by atoms with Crippen molar-refractivity contribution in [3.8, 4) is 5.75 Å². The number of likely N-dealkylation sites (N-methyl/N-ethyl adjacent to an activating group) is 1. The minimum Gasteiger partial charge on any atom is -0.497 e. The Labute approximate surface area is 192 Å². The second-order valence-electron chi connectivity index (χ2n) is 7.47. The van der Waals surface area contributed by atoms with Gasteiger partial charge < -0.3 is 19.3 Å². The van der Waals surface area contributed by atoms with E-state index in [4.69, 9.17) is 9.47 Å². The Kier molecular flexibility index (Phi) is 7.91. The second-order valence-corrected chi connectivity index (χ2v) is 9.53. The molecule has 0 fully saturated rings. The quantitative estimate of drug-likeness (QED) is 0.456. The second kappa shape index (κ2) is 10.4. The van der Waals surface area contributed by atoms with E-state index < -0.39 is 12.1 Å². The van der Waals surface area contributed by atoms with Crippen molar-refractivity contribution in [1.29, 1.82) is 0 Å². The molecular weight excluding hydrogens is 432 g/mol. The molecule has 31 heavy (non-hydrogen) atoms. The van der Waals surface area contributed by atoms with Gasteiger partial charge in [0.05, 0.1) is 18.0 Å². The van der Waals surface area contributed by atoms with Gasteiger partial charge in [0.25, 0.3) is 5.91 Å². The average Bonchev–Trinajstić information content (AvgIpc) is 2.86. The lowest BCUT2D eigenvalue weighted by Gasteiger charge is -2.28. The summed E-state index contributed by atoms with van der Waals surface area (Å²) >= 11 is 3.21. The topological polar surface area (TPSA) is 59.1 Å². The Morgan fingerprint density at radius 3 is 2.48 bits per heavy atom. The van der Waals surface area contributed by atoms with Gasteiger partial charge in [-0.05, 0) is 56.2 Å². The number of fused-ring (bicyclic) bond motifs is 1. The van der Waals surface area contributed by atoms with E-state index in [0.717, 1.165) is 26.8 Å². The maximum atomic E-state index is 13.7. The number of nitrogens with zero attached hydrogens (tertiary/aromatic N) is 2. The minimum atomic E-state index is -0.928. The lowest BCUT2D eigenvalue weighted by atomic mass is 10.1. The highest BCUT2D eigenvalue weighted by Gasteiger charge is 2.40. The van der Waals surface area contributed by atoms with E-state index in [1.54, 1.807) is 35.5 Å². The van der Waals surface area contributed by atoms with Crippen molar-refractivity contribution >= 4 is 41.1 Å². The Morgan fingerprint density at radius 2 is 1.90 bits per heavy atom. The molecular formula is C23H28N2O4S2. The van der Waals surface area contributed by atoms with Crippen LogP contribution in [0.3, 0.4) is 0 Å². The molecule has 1 aliphatic rings. The van der Waals surface area contributed by atoms with Crippen LogP contribution in [-0.4, -0.2) is 63.4 Å². The SMILES string of the molecule is COc1ccc(C2Sc3cc(SC)ccc3N(CCN(C)C)C(=O)C2OC(C)=O)cc1. The molecule has 6 nitrogen and oxygen atoms in total. The Bertz CT molecular complexity index is 934. The van der Waals surface area contributed by atoms with Crippen molar-refractivity contribution in [2.75, 3.05) is 45.5 Å². The molecule has 2 atom stereocenters. The normalized spacial score (nSPS) is 18.5. The fourth-order valence-corrected chi connectivity index (χ4v) is 5.27. The van der Waals surface area contributed by atoms with Gasteiger partial charge in [0.15, 0.2) is 6.10 Å². The summed E-state index contributed by atoms with van der Waals surface area (Å²) in [6, 6.07) is 13.7. The molecule has 2 aromatic rings. The number of ether oxygens (including phenoxy) is 2. The molecule has 2 aromatic carbocycles. The zero-order valence-electron chi connectivity index (χ0n) is 18.5. The van der Waals surface area contributed by atoms with Crippen LogP contribution in [-0.2, 0) is 14.3 Å². The first-order chi connectivity index (χ1) is 14.8. The van der Waals surface area contributed by atoms with Gasteiger partial charge in [-0.25, -0.2) is 0 Å². The van der Waals surface area contributed by atoms with Crippen LogP contribution in [0.5, 0.6) is 5.75 Å². The van der Waals surface area contributed by atoms with E-state index in [0.29, 0.717) is 13.1 Å². The fourth-order valence-electron chi connectivity index (χ4n) is 3.40. The molecule has 0 spiro atoms. The molecule has 0 saturated carbocycles. The number of carbonyl (C=O) groups excluding carboxylic acids is 2. The minimum absolute atomic E-state index is 0.207. The zero-order valence-corrected chi connectivity index (χ0v) is 20.1. The monoisotopic (exact) mass is 460 g/mol. The molecule has 0 aromatic heterocycles. The van der Waals surface area contributed by atoms with Crippen molar-refractivity contribution in [2.24, 2.45) is 0 Å². The van der Waals surface area contributed by atoms with Gasteiger partial charge in [0.2, 0.25) is 0 Å². The number of carbonyl (C=O) groups is 2. The van der Waals surface area contributed by atoms with Crippen molar-refractivity contribution < 1.29 is 19.1 Å². The number of benzene rings is 2. The molecule has 0 saturated heterocycles. The third-order valence-corrected chi connectivity index (χ3v) is 7.08. The number of anilines is 1. The molecule has 166 valence electrons. The number of esters is 1. The van der Waals surface area contributed by atoms with Crippen LogP contribution in [0.1, 0.15) is 17.7 Å². The molecule has 0 radical (unpaired) electrons. The van der Waals surface area contributed by atoms with Crippen LogP contribution in [0.4, 0.5) is 5.69 Å². The molecule has 1 amide bonds. The smallest absolute Gasteiger partial charge is 0.303 e. The van der Waals surface area contributed by atoms with Gasteiger partial charge in [0.1, 0.15) is 5.75 Å². The lowest BCUT2D eigenvalue weighted by Crippen LogP contribution is -2.45. The van der Waals surface area contributed by atoms with Crippen LogP contribution in [0.15, 0.2) is 52.3 Å². The van der Waals surface area contributed by atoms with Crippen LogP contribution in [0, 0.1) is 0 Å². The Hall–Kier alpha value is -2.16. The van der Waals surface area contributed by atoms with Gasteiger partial charge in [-0.2, -0.15) is 0 Å². The van der Waals surface area contributed by atoms with Crippen molar-refractivity contribution in [3.05, 3.63) is 48.0 Å². The zero-order chi connectivity index (χ0) is 22.5. The summed E-state index contributed by atoms with van der Waals surface area (Å²) in [5, 5.41) is -0.373. The van der Waals surface area contributed by atoms with Gasteiger partial charge in [0, 0.05) is 29.8 Å². The van der Waals surface area contributed by atoms with Crippen LogP contribution >= 0.6 is 23.5 Å². The first-order valence-electron chi connectivity index (χ1n) is 9.96. The van der Waals surface area contributed by atoms with Gasteiger partial charge in [-0.15, -0.1) is 23.5 Å². The van der Waals surface area contributed by atoms with Crippen molar-refractivity contribution in [1.82, 2.24) is 4.90 Å². The average molecular weight is 461 g/mol. The van der Waals surface area contributed by atoms with Crippen LogP contribution in [0.25, 0.3) is 0 Å². The predicted octanol–water partition coefficient (Wildman–Crippen LogP) is 4.09. The van der Waals surface area contributed by atoms with E-state index in [-0.39, 0.29) is 11.2 Å². The molecule has 1 heterocycles. The van der Waals surface area contributed by atoms with Gasteiger partial charge in [-0.3, -0.25) is 9.59 Å². The van der Waals surface area contributed by atoms with E-state index in [1.165, 1.54) is 6.92 Å². The highest BCUT2D eigenvalue weighted by atomic mass is 32.2. The Balaban J connectivity index is 2.11. The number of hydrogen-bond acceptors (Lipinski definition) is 7. The summed E-state index contributed by atoms with van der Waals surface area (Å²) in [6.45, 7) is 2.54. The number of rotatable bonds is 7. The van der Waals surface area contributed by atoms with Crippen molar-refractivity contribution in [3.63, 3.8) is 0 Å². The van der Waals surface area contributed by atoms with Gasteiger partial charge in [-0.1, -0.05) is 12.1 Å². The number of methoxy groups -OCH3 is 1. The van der Waals surface area contributed by atoms with E-state index >= 15 is 0 Å². The summed E-state index contributed by atoms with van der Waals surface area (Å²) in [6.07, 6.45) is 1.10. The van der Waals surface area contributed by atoms with E-state index in [1.807, 2.05) is 61.6 Å². The number of thioether (sulfide) groups is 2. The highest BCUT2D eigenvalue weighted by molar-refractivity contribution is 8.00.